The first-order valence-corrected chi connectivity index (χ1v) is 3.93. The highest BCUT2D eigenvalue weighted by molar-refractivity contribution is 7.78. The zero-order valence-electron chi connectivity index (χ0n) is 7.15. The molecule has 0 radical (unpaired) electrons. The Bertz CT molecular complexity index is 198. The first-order valence-electron chi connectivity index (χ1n) is 3.52. The van der Waals surface area contributed by atoms with E-state index in [2.05, 4.69) is 22.4 Å². The second-order valence-corrected chi connectivity index (χ2v) is 2.85. The van der Waals surface area contributed by atoms with E-state index >= 15 is 0 Å². The molecule has 0 aliphatic rings. The lowest BCUT2D eigenvalue weighted by molar-refractivity contribution is -0.138. The van der Waals surface area contributed by atoms with E-state index < -0.39 is 12.0 Å². The minimum Gasteiger partial charge on any atom is -0.480 e. The standard InChI is InChI=1S/C7H12N2O2S/c1-9(2)4-3-6(7(10)11)8-5-12/h6H,3-4H2,1-2H3,(H,10,11). The number of carboxylic acid groups (broad SMARTS) is 1. The molecule has 0 amide bonds. The highest BCUT2D eigenvalue weighted by Gasteiger charge is 2.14. The fourth-order valence-corrected chi connectivity index (χ4v) is 0.815. The van der Waals surface area contributed by atoms with E-state index in [1.54, 1.807) is 0 Å². The molecule has 0 aliphatic heterocycles. The van der Waals surface area contributed by atoms with Crippen LogP contribution in [0.2, 0.25) is 0 Å². The quantitative estimate of drug-likeness (QED) is 0.504. The fraction of sp³-hybridized carbons (Fsp3) is 0.714. The Morgan fingerprint density at radius 2 is 2.33 bits per heavy atom. The summed E-state index contributed by atoms with van der Waals surface area (Å²) < 4.78 is 0. The van der Waals surface area contributed by atoms with Gasteiger partial charge in [-0.1, -0.05) is 0 Å². The van der Waals surface area contributed by atoms with Crippen LogP contribution in [0.25, 0.3) is 0 Å². The van der Waals surface area contributed by atoms with E-state index in [0.29, 0.717) is 13.0 Å². The molecular formula is C7H12N2O2S. The van der Waals surface area contributed by atoms with Gasteiger partial charge in [-0.3, -0.25) is 0 Å². The third-order valence-electron chi connectivity index (χ3n) is 1.34. The van der Waals surface area contributed by atoms with Crippen LogP contribution in [0.4, 0.5) is 0 Å². The fourth-order valence-electron chi connectivity index (χ4n) is 0.687. The van der Waals surface area contributed by atoms with Crippen LogP contribution in [0.15, 0.2) is 4.99 Å². The first kappa shape index (κ1) is 11.2. The zero-order chi connectivity index (χ0) is 9.56. The van der Waals surface area contributed by atoms with Gasteiger partial charge in [-0.05, 0) is 32.7 Å². The van der Waals surface area contributed by atoms with Crippen molar-refractivity contribution >= 4 is 23.3 Å². The summed E-state index contributed by atoms with van der Waals surface area (Å²) in [6.45, 7) is 0.678. The van der Waals surface area contributed by atoms with Gasteiger partial charge >= 0.3 is 5.97 Å². The first-order chi connectivity index (χ1) is 5.57. The third-order valence-corrected chi connectivity index (χ3v) is 1.45. The van der Waals surface area contributed by atoms with Crippen molar-refractivity contribution in [3.8, 4) is 0 Å². The van der Waals surface area contributed by atoms with Crippen molar-refractivity contribution in [2.75, 3.05) is 20.6 Å². The zero-order valence-corrected chi connectivity index (χ0v) is 7.97. The molecule has 0 fully saturated rings. The van der Waals surface area contributed by atoms with Crippen molar-refractivity contribution in [2.24, 2.45) is 4.99 Å². The van der Waals surface area contributed by atoms with E-state index in [1.165, 1.54) is 0 Å². The van der Waals surface area contributed by atoms with Crippen molar-refractivity contribution in [1.82, 2.24) is 4.90 Å². The van der Waals surface area contributed by atoms with Crippen molar-refractivity contribution in [1.29, 1.82) is 0 Å². The van der Waals surface area contributed by atoms with Crippen molar-refractivity contribution in [3.63, 3.8) is 0 Å². The number of rotatable bonds is 5. The van der Waals surface area contributed by atoms with Crippen LogP contribution in [0.1, 0.15) is 6.42 Å². The summed E-state index contributed by atoms with van der Waals surface area (Å²) in [5.41, 5.74) is 0. The number of hydrogen-bond acceptors (Lipinski definition) is 4. The largest absolute Gasteiger partial charge is 0.480 e. The van der Waals surface area contributed by atoms with Crippen LogP contribution >= 0.6 is 12.2 Å². The van der Waals surface area contributed by atoms with Gasteiger partial charge in [0.1, 0.15) is 0 Å². The lowest BCUT2D eigenvalue weighted by Gasteiger charge is -2.10. The number of thiocarbonyl (C=S) groups is 1. The van der Waals surface area contributed by atoms with Gasteiger partial charge in [0.05, 0.1) is 5.16 Å². The molecule has 0 spiro atoms. The Morgan fingerprint density at radius 3 is 2.67 bits per heavy atom. The van der Waals surface area contributed by atoms with Crippen LogP contribution in [0.3, 0.4) is 0 Å². The molecule has 68 valence electrons. The molecule has 0 heterocycles. The lowest BCUT2D eigenvalue weighted by atomic mass is 10.2. The minimum absolute atomic E-state index is 0.464. The number of nitrogens with zero attached hydrogens (tertiary/aromatic N) is 2. The van der Waals surface area contributed by atoms with E-state index in [-0.39, 0.29) is 0 Å². The highest BCUT2D eigenvalue weighted by atomic mass is 32.1. The molecule has 0 aromatic carbocycles. The third kappa shape index (κ3) is 4.96. The number of aliphatic imine (C=N–C) groups is 1. The van der Waals surface area contributed by atoms with Crippen LogP contribution in [0, 0.1) is 0 Å². The Labute approximate surface area is 76.9 Å². The van der Waals surface area contributed by atoms with Gasteiger partial charge in [0, 0.05) is 6.54 Å². The number of hydrogen-bond donors (Lipinski definition) is 1. The maximum atomic E-state index is 10.5. The summed E-state index contributed by atoms with van der Waals surface area (Å²) in [7, 11) is 3.75. The number of carbonyl (C=O) groups is 1. The molecule has 0 saturated heterocycles. The van der Waals surface area contributed by atoms with Crippen molar-refractivity contribution < 1.29 is 9.90 Å². The molecular weight excluding hydrogens is 176 g/mol. The summed E-state index contributed by atoms with van der Waals surface area (Å²) in [4.78, 5) is 15.9. The second kappa shape index (κ2) is 5.83. The van der Waals surface area contributed by atoms with Gasteiger partial charge in [-0.2, -0.15) is 0 Å². The van der Waals surface area contributed by atoms with Gasteiger partial charge in [0.2, 0.25) is 0 Å². The molecule has 0 aliphatic carbocycles. The summed E-state index contributed by atoms with van der Waals surface area (Å²) in [6.07, 6.45) is 0.464. The second-order valence-electron chi connectivity index (χ2n) is 2.67. The molecule has 0 aromatic rings. The smallest absolute Gasteiger partial charge is 0.329 e. The van der Waals surface area contributed by atoms with Crippen LogP contribution in [0.5, 0.6) is 0 Å². The molecule has 0 aromatic heterocycles. The summed E-state index contributed by atoms with van der Waals surface area (Å²) in [5.74, 6) is -0.950. The predicted molar refractivity (Wildman–Crippen MR) is 49.6 cm³/mol. The maximum Gasteiger partial charge on any atom is 0.329 e. The number of isothiocyanates is 1. The van der Waals surface area contributed by atoms with E-state index in [9.17, 15) is 4.79 Å². The number of aliphatic carboxylic acids is 1. The van der Waals surface area contributed by atoms with Gasteiger partial charge in [0.15, 0.2) is 6.04 Å². The van der Waals surface area contributed by atoms with E-state index in [1.807, 2.05) is 19.0 Å². The molecule has 0 bridgehead atoms. The topological polar surface area (TPSA) is 52.9 Å². The molecule has 1 unspecified atom stereocenters. The van der Waals surface area contributed by atoms with Crippen molar-refractivity contribution in [2.45, 2.75) is 12.5 Å². The summed E-state index contributed by atoms with van der Waals surface area (Å²) >= 11 is 4.33. The Kier molecular flexibility index (Phi) is 5.45. The normalized spacial score (nSPS) is 12.2. The summed E-state index contributed by atoms with van der Waals surface area (Å²) in [5, 5.41) is 10.7. The van der Waals surface area contributed by atoms with Crippen molar-refractivity contribution in [3.05, 3.63) is 0 Å². The minimum atomic E-state index is -0.950. The lowest BCUT2D eigenvalue weighted by Crippen LogP contribution is -2.24. The predicted octanol–water partition coefficient (Wildman–Crippen LogP) is 0.494. The Morgan fingerprint density at radius 1 is 1.75 bits per heavy atom. The Hall–Kier alpha value is -0.770. The molecule has 0 rings (SSSR count). The Balaban J connectivity index is 3.96. The average molecular weight is 188 g/mol. The van der Waals surface area contributed by atoms with Gasteiger partial charge < -0.3 is 10.0 Å². The van der Waals surface area contributed by atoms with Crippen LogP contribution in [-0.4, -0.2) is 47.8 Å². The van der Waals surface area contributed by atoms with Crippen LogP contribution in [-0.2, 0) is 4.79 Å². The molecule has 12 heavy (non-hydrogen) atoms. The van der Waals surface area contributed by atoms with Gasteiger partial charge in [-0.25, -0.2) is 9.79 Å². The highest BCUT2D eigenvalue weighted by Crippen LogP contribution is 1.98. The molecule has 1 atom stereocenters. The molecule has 5 heteroatoms. The molecule has 0 saturated carbocycles. The summed E-state index contributed by atoms with van der Waals surface area (Å²) in [6, 6.07) is -0.745. The maximum absolute atomic E-state index is 10.5. The van der Waals surface area contributed by atoms with Gasteiger partial charge in [-0.15, -0.1) is 0 Å². The average Bonchev–Trinajstić information content (AvgIpc) is 1.96. The van der Waals surface area contributed by atoms with E-state index in [0.717, 1.165) is 0 Å². The molecule has 1 N–H and O–H groups in total. The monoisotopic (exact) mass is 188 g/mol. The van der Waals surface area contributed by atoms with E-state index in [4.69, 9.17) is 5.11 Å². The molecule has 4 nitrogen and oxygen atoms in total. The van der Waals surface area contributed by atoms with Crippen LogP contribution < -0.4 is 0 Å². The SMILES string of the molecule is CN(C)CCC(N=C=S)C(=O)O. The van der Waals surface area contributed by atoms with Gasteiger partial charge in [0.25, 0.3) is 0 Å². The number of carboxylic acids is 1.